The molecule has 3 aromatic rings. The third-order valence-corrected chi connectivity index (χ3v) is 5.78. The molecule has 0 spiro atoms. The van der Waals surface area contributed by atoms with Crippen LogP contribution in [0, 0.1) is 12.7 Å². The second kappa shape index (κ2) is 7.72. The fraction of sp³-hybridized carbons (Fsp3) is 0.455. The Kier molecular flexibility index (Phi) is 5.27. The second-order valence-electron chi connectivity index (χ2n) is 8.33. The first-order valence-electron chi connectivity index (χ1n) is 10.2. The van der Waals surface area contributed by atoms with Gasteiger partial charge in [0, 0.05) is 48.4 Å². The number of phenolic OH excluding ortho intramolecular Hbond substituents is 1. The predicted octanol–water partition coefficient (Wildman–Crippen LogP) is 3.74. The number of pyridine rings is 1. The summed E-state index contributed by atoms with van der Waals surface area (Å²) in [6, 6.07) is 6.38. The normalized spacial score (nSPS) is 20.4. The Hall–Kier alpha value is -2.51. The molecular formula is C22H28FN5O. The van der Waals surface area contributed by atoms with Crippen LogP contribution in [0.3, 0.4) is 0 Å². The van der Waals surface area contributed by atoms with Crippen LogP contribution in [0.25, 0.3) is 22.3 Å². The molecule has 1 aliphatic heterocycles. The number of phenols is 1. The molecule has 0 saturated carbocycles. The number of rotatable bonds is 5. The largest absolute Gasteiger partial charge is 0.505 e. The number of halogens is 1. The molecule has 3 heterocycles. The Morgan fingerprint density at radius 3 is 2.90 bits per heavy atom. The SMILES string of the molecule is CCCC1(C)CN(Cc2cc(-c3ccc(O)c(F)c3)nc3n[nH]c(C)c23)CCN1. The molecule has 6 nitrogen and oxygen atoms in total. The van der Waals surface area contributed by atoms with Gasteiger partial charge in [-0.25, -0.2) is 9.37 Å². The minimum absolute atomic E-state index is 0.119. The van der Waals surface area contributed by atoms with Crippen molar-refractivity contribution in [2.24, 2.45) is 0 Å². The smallest absolute Gasteiger partial charge is 0.182 e. The van der Waals surface area contributed by atoms with Crippen molar-refractivity contribution >= 4 is 11.0 Å². The van der Waals surface area contributed by atoms with Gasteiger partial charge in [0.25, 0.3) is 0 Å². The van der Waals surface area contributed by atoms with Gasteiger partial charge in [-0.2, -0.15) is 5.10 Å². The molecule has 4 rings (SSSR count). The maximum Gasteiger partial charge on any atom is 0.182 e. The summed E-state index contributed by atoms with van der Waals surface area (Å²) in [4.78, 5) is 7.09. The molecule has 2 aromatic heterocycles. The maximum atomic E-state index is 13.9. The third-order valence-electron chi connectivity index (χ3n) is 5.78. The standard InChI is InChI=1S/C22H28FN5O/c1-4-7-22(3)13-28(9-8-24-22)12-16-11-18(15-5-6-19(29)17(23)10-15)25-21-20(16)14(2)26-27-21/h5-6,10-11,24,29H,4,7-9,12-13H2,1-3H3,(H,25,26,27). The van der Waals surface area contributed by atoms with Gasteiger partial charge in [0.15, 0.2) is 17.2 Å². The van der Waals surface area contributed by atoms with Gasteiger partial charge in [0.2, 0.25) is 0 Å². The zero-order valence-corrected chi connectivity index (χ0v) is 17.2. The highest BCUT2D eigenvalue weighted by Gasteiger charge is 2.30. The van der Waals surface area contributed by atoms with Gasteiger partial charge in [0.1, 0.15) is 0 Å². The first-order chi connectivity index (χ1) is 13.9. The summed E-state index contributed by atoms with van der Waals surface area (Å²) < 4.78 is 13.9. The number of fused-ring (bicyclic) bond motifs is 1. The molecule has 29 heavy (non-hydrogen) atoms. The van der Waals surface area contributed by atoms with Gasteiger partial charge in [-0.3, -0.25) is 10.00 Å². The molecule has 7 heteroatoms. The van der Waals surface area contributed by atoms with Gasteiger partial charge in [-0.05, 0) is 50.1 Å². The lowest BCUT2D eigenvalue weighted by molar-refractivity contribution is 0.130. The van der Waals surface area contributed by atoms with E-state index < -0.39 is 5.82 Å². The lowest BCUT2D eigenvalue weighted by atomic mass is 9.93. The molecule has 1 unspecified atom stereocenters. The first kappa shape index (κ1) is 19.8. The minimum atomic E-state index is -0.651. The number of H-pyrrole nitrogens is 1. The van der Waals surface area contributed by atoms with Crippen LogP contribution in [0.2, 0.25) is 0 Å². The molecule has 1 saturated heterocycles. The van der Waals surface area contributed by atoms with Crippen molar-refractivity contribution in [3.63, 3.8) is 0 Å². The molecule has 0 amide bonds. The van der Waals surface area contributed by atoms with E-state index in [4.69, 9.17) is 0 Å². The number of aromatic nitrogens is 3. The zero-order valence-electron chi connectivity index (χ0n) is 17.2. The Morgan fingerprint density at radius 2 is 2.14 bits per heavy atom. The van der Waals surface area contributed by atoms with Crippen molar-refractivity contribution in [1.82, 2.24) is 25.4 Å². The van der Waals surface area contributed by atoms with Gasteiger partial charge in [-0.1, -0.05) is 13.3 Å². The average molecular weight is 397 g/mol. The summed E-state index contributed by atoms with van der Waals surface area (Å²) >= 11 is 0. The van der Waals surface area contributed by atoms with Crippen LogP contribution in [0.1, 0.15) is 37.9 Å². The van der Waals surface area contributed by atoms with Gasteiger partial charge < -0.3 is 10.4 Å². The number of hydrogen-bond donors (Lipinski definition) is 3. The van der Waals surface area contributed by atoms with Crippen LogP contribution in [0.5, 0.6) is 5.75 Å². The lowest BCUT2D eigenvalue weighted by Crippen LogP contribution is -2.58. The van der Waals surface area contributed by atoms with Crippen LogP contribution >= 0.6 is 0 Å². The van der Waals surface area contributed by atoms with Gasteiger partial charge in [-0.15, -0.1) is 0 Å². The molecule has 0 aliphatic carbocycles. The van der Waals surface area contributed by atoms with Gasteiger partial charge >= 0.3 is 0 Å². The first-order valence-corrected chi connectivity index (χ1v) is 10.2. The van der Waals surface area contributed by atoms with Crippen molar-refractivity contribution in [2.75, 3.05) is 19.6 Å². The number of nitrogens with one attached hydrogen (secondary N) is 2. The van der Waals surface area contributed by atoms with E-state index in [-0.39, 0.29) is 11.3 Å². The number of aromatic amines is 1. The van der Waals surface area contributed by atoms with E-state index in [0.717, 1.165) is 55.7 Å². The number of aryl methyl sites for hydroxylation is 1. The molecule has 1 aliphatic rings. The van der Waals surface area contributed by atoms with E-state index in [1.807, 2.05) is 13.0 Å². The number of hydrogen-bond acceptors (Lipinski definition) is 5. The van der Waals surface area contributed by atoms with E-state index >= 15 is 0 Å². The monoisotopic (exact) mass is 397 g/mol. The number of aromatic hydroxyl groups is 1. The molecule has 3 N–H and O–H groups in total. The van der Waals surface area contributed by atoms with E-state index in [9.17, 15) is 9.50 Å². The average Bonchev–Trinajstić information content (AvgIpc) is 3.05. The Labute approximate surface area is 170 Å². The molecule has 1 aromatic carbocycles. The number of piperazine rings is 1. The van der Waals surface area contributed by atoms with Crippen LogP contribution in [-0.2, 0) is 6.54 Å². The summed E-state index contributed by atoms with van der Waals surface area (Å²) in [5.74, 6) is -1.01. The highest BCUT2D eigenvalue weighted by molar-refractivity contribution is 5.84. The van der Waals surface area contributed by atoms with Crippen LogP contribution in [0.15, 0.2) is 24.3 Å². The van der Waals surface area contributed by atoms with Crippen molar-refractivity contribution in [1.29, 1.82) is 0 Å². The highest BCUT2D eigenvalue weighted by Crippen LogP contribution is 2.29. The van der Waals surface area contributed by atoms with E-state index in [0.29, 0.717) is 16.9 Å². The van der Waals surface area contributed by atoms with Crippen molar-refractivity contribution in [3.8, 4) is 17.0 Å². The minimum Gasteiger partial charge on any atom is -0.505 e. The molecule has 0 radical (unpaired) electrons. The topological polar surface area (TPSA) is 77.1 Å². The second-order valence-corrected chi connectivity index (χ2v) is 8.33. The molecular weight excluding hydrogens is 369 g/mol. The van der Waals surface area contributed by atoms with E-state index in [1.165, 1.54) is 12.1 Å². The summed E-state index contributed by atoms with van der Waals surface area (Å²) in [6.45, 7) is 10.2. The molecule has 1 atom stereocenters. The van der Waals surface area contributed by atoms with E-state index in [2.05, 4.69) is 39.2 Å². The Morgan fingerprint density at radius 1 is 1.31 bits per heavy atom. The number of benzene rings is 1. The predicted molar refractivity (Wildman–Crippen MR) is 112 cm³/mol. The van der Waals surface area contributed by atoms with E-state index in [1.54, 1.807) is 6.07 Å². The third kappa shape index (κ3) is 3.97. The fourth-order valence-electron chi connectivity index (χ4n) is 4.44. The summed E-state index contributed by atoms with van der Waals surface area (Å²) in [5, 5.41) is 21.6. The summed E-state index contributed by atoms with van der Waals surface area (Å²) in [5.41, 5.74) is 4.15. The van der Waals surface area contributed by atoms with Crippen molar-refractivity contribution in [2.45, 2.75) is 45.7 Å². The molecule has 154 valence electrons. The molecule has 0 bridgehead atoms. The van der Waals surface area contributed by atoms with Crippen LogP contribution in [-0.4, -0.2) is 50.4 Å². The lowest BCUT2D eigenvalue weighted by Gasteiger charge is -2.41. The van der Waals surface area contributed by atoms with Gasteiger partial charge in [0.05, 0.1) is 5.69 Å². The zero-order chi connectivity index (χ0) is 20.6. The van der Waals surface area contributed by atoms with Crippen LogP contribution < -0.4 is 5.32 Å². The van der Waals surface area contributed by atoms with Crippen molar-refractivity contribution < 1.29 is 9.50 Å². The maximum absolute atomic E-state index is 13.9. The summed E-state index contributed by atoms with van der Waals surface area (Å²) in [6.07, 6.45) is 2.28. The highest BCUT2D eigenvalue weighted by atomic mass is 19.1. The van der Waals surface area contributed by atoms with Crippen LogP contribution in [0.4, 0.5) is 4.39 Å². The molecule has 1 fully saturated rings. The van der Waals surface area contributed by atoms with Crippen molar-refractivity contribution in [3.05, 3.63) is 41.3 Å². The fourth-order valence-corrected chi connectivity index (χ4v) is 4.44. The summed E-state index contributed by atoms with van der Waals surface area (Å²) in [7, 11) is 0. The Balaban J connectivity index is 1.71. The Bertz CT molecular complexity index is 1030. The number of nitrogens with zero attached hydrogens (tertiary/aromatic N) is 3. The quantitative estimate of drug-likeness (QED) is 0.611.